The summed E-state index contributed by atoms with van der Waals surface area (Å²) < 4.78 is 0. The van der Waals surface area contributed by atoms with E-state index in [0.29, 0.717) is 0 Å². The van der Waals surface area contributed by atoms with Crippen LogP contribution in [0.5, 0.6) is 0 Å². The lowest BCUT2D eigenvalue weighted by Gasteiger charge is -1.84. The predicted molar refractivity (Wildman–Crippen MR) is 31.2 cm³/mol. The summed E-state index contributed by atoms with van der Waals surface area (Å²) in [5.74, 6) is 0.110. The molecule has 0 aliphatic heterocycles. The van der Waals surface area contributed by atoms with Crippen LogP contribution < -0.4 is 0 Å². The summed E-state index contributed by atoms with van der Waals surface area (Å²) in [6.07, 6.45) is 7.45. The van der Waals surface area contributed by atoms with Crippen LogP contribution in [-0.2, 0) is 4.79 Å². The number of carbonyl (C=O) groups excluding carboxylic acids is 1. The average Bonchev–Trinajstić information content (AvgIpc) is 2.12. The van der Waals surface area contributed by atoms with Crippen LogP contribution in [0, 0.1) is 6.08 Å². The van der Waals surface area contributed by atoms with E-state index in [0.717, 1.165) is 12.0 Å². The van der Waals surface area contributed by atoms with E-state index in [4.69, 9.17) is 0 Å². The summed E-state index contributed by atoms with van der Waals surface area (Å²) in [6.45, 7) is 1.55. The summed E-state index contributed by atoms with van der Waals surface area (Å²) in [7, 11) is 0. The molecule has 1 heteroatoms. The molecule has 0 N–H and O–H groups in total. The summed E-state index contributed by atoms with van der Waals surface area (Å²) in [5, 5.41) is 0. The van der Waals surface area contributed by atoms with Gasteiger partial charge in [-0.05, 0) is 19.4 Å². The van der Waals surface area contributed by atoms with Crippen LogP contribution in [0.25, 0.3) is 0 Å². The standard InChI is InChI=1S/C7H7O/c1-6(8)7-4-2-3-5-7/h2,4H,3H2,1H3. The van der Waals surface area contributed by atoms with Crippen LogP contribution in [-0.4, -0.2) is 5.78 Å². The van der Waals surface area contributed by atoms with E-state index in [1.807, 2.05) is 12.2 Å². The van der Waals surface area contributed by atoms with Gasteiger partial charge in [0.25, 0.3) is 0 Å². The summed E-state index contributed by atoms with van der Waals surface area (Å²) in [5.41, 5.74) is 0.727. The van der Waals surface area contributed by atoms with E-state index in [2.05, 4.69) is 6.08 Å². The van der Waals surface area contributed by atoms with Gasteiger partial charge in [0.1, 0.15) is 0 Å². The van der Waals surface area contributed by atoms with E-state index in [1.54, 1.807) is 6.92 Å². The predicted octanol–water partition coefficient (Wildman–Crippen LogP) is 1.26. The highest BCUT2D eigenvalue weighted by molar-refractivity contribution is 5.95. The first-order valence-corrected chi connectivity index (χ1v) is 2.59. The number of rotatable bonds is 1. The third kappa shape index (κ3) is 0.861. The fourth-order valence-corrected chi connectivity index (χ4v) is 0.646. The van der Waals surface area contributed by atoms with Gasteiger partial charge in [0, 0.05) is 5.57 Å². The SMILES string of the molecule is CC(=O)C1=[C]CC=C1. The zero-order valence-electron chi connectivity index (χ0n) is 4.77. The van der Waals surface area contributed by atoms with Crippen LogP contribution >= 0.6 is 0 Å². The molecule has 8 heavy (non-hydrogen) atoms. The van der Waals surface area contributed by atoms with Gasteiger partial charge in [-0.2, -0.15) is 0 Å². The number of ketones is 1. The lowest BCUT2D eigenvalue weighted by atomic mass is 10.2. The molecule has 0 heterocycles. The van der Waals surface area contributed by atoms with Crippen LogP contribution in [0.15, 0.2) is 17.7 Å². The molecule has 0 bridgehead atoms. The Labute approximate surface area is 48.7 Å². The van der Waals surface area contributed by atoms with Gasteiger partial charge in [-0.15, -0.1) is 0 Å². The molecule has 0 aromatic carbocycles. The smallest absolute Gasteiger partial charge is 0.160 e. The molecule has 0 spiro atoms. The molecular weight excluding hydrogens is 100 g/mol. The number of hydrogen-bond acceptors (Lipinski definition) is 1. The van der Waals surface area contributed by atoms with Crippen molar-refractivity contribution in [2.24, 2.45) is 0 Å². The lowest BCUT2D eigenvalue weighted by Crippen LogP contribution is -1.89. The Balaban J connectivity index is 2.72. The van der Waals surface area contributed by atoms with Crippen LogP contribution in [0.2, 0.25) is 0 Å². The van der Waals surface area contributed by atoms with Crippen molar-refractivity contribution in [2.75, 3.05) is 0 Å². The van der Waals surface area contributed by atoms with Crippen molar-refractivity contribution >= 4 is 5.78 Å². The molecule has 1 radical (unpaired) electrons. The molecule has 41 valence electrons. The zero-order valence-corrected chi connectivity index (χ0v) is 4.77. The number of carbonyl (C=O) groups is 1. The topological polar surface area (TPSA) is 17.1 Å². The van der Waals surface area contributed by atoms with Gasteiger partial charge in [-0.25, -0.2) is 0 Å². The van der Waals surface area contributed by atoms with Gasteiger partial charge in [-0.1, -0.05) is 12.2 Å². The highest BCUT2D eigenvalue weighted by Crippen LogP contribution is 2.07. The molecular formula is C7H7O. The van der Waals surface area contributed by atoms with Crippen molar-refractivity contribution in [2.45, 2.75) is 13.3 Å². The Morgan fingerprint density at radius 3 is 2.88 bits per heavy atom. The molecule has 1 nitrogen and oxygen atoms in total. The van der Waals surface area contributed by atoms with Crippen LogP contribution in [0.3, 0.4) is 0 Å². The van der Waals surface area contributed by atoms with Gasteiger partial charge >= 0.3 is 0 Å². The quantitative estimate of drug-likeness (QED) is 0.493. The van der Waals surface area contributed by atoms with Crippen LogP contribution in [0.1, 0.15) is 13.3 Å². The summed E-state index contributed by atoms with van der Waals surface area (Å²) >= 11 is 0. The Kier molecular flexibility index (Phi) is 1.29. The van der Waals surface area contributed by atoms with Gasteiger partial charge in [0.05, 0.1) is 0 Å². The van der Waals surface area contributed by atoms with Gasteiger partial charge in [0.2, 0.25) is 0 Å². The fraction of sp³-hybridized carbons (Fsp3) is 0.286. The molecule has 0 aromatic rings. The Morgan fingerprint density at radius 1 is 1.88 bits per heavy atom. The van der Waals surface area contributed by atoms with E-state index in [-0.39, 0.29) is 5.78 Å². The minimum Gasteiger partial charge on any atom is -0.295 e. The third-order valence-corrected chi connectivity index (χ3v) is 1.07. The first-order valence-electron chi connectivity index (χ1n) is 2.59. The van der Waals surface area contributed by atoms with E-state index in [9.17, 15) is 4.79 Å². The lowest BCUT2D eigenvalue weighted by molar-refractivity contribution is -0.113. The first kappa shape index (κ1) is 5.29. The maximum absolute atomic E-state index is 10.5. The number of Topliss-reactive ketones (excluding diaryl/α,β-unsaturated/α-hetero) is 1. The third-order valence-electron chi connectivity index (χ3n) is 1.07. The Hall–Kier alpha value is -0.850. The van der Waals surface area contributed by atoms with E-state index >= 15 is 0 Å². The molecule has 0 atom stereocenters. The van der Waals surface area contributed by atoms with E-state index in [1.165, 1.54) is 0 Å². The van der Waals surface area contributed by atoms with Crippen molar-refractivity contribution in [3.8, 4) is 0 Å². The molecule has 1 aliphatic rings. The molecule has 0 saturated heterocycles. The van der Waals surface area contributed by atoms with Crippen molar-refractivity contribution in [3.63, 3.8) is 0 Å². The number of hydrogen-bond donors (Lipinski definition) is 0. The maximum Gasteiger partial charge on any atom is 0.160 e. The normalized spacial score (nSPS) is 16.4. The first-order chi connectivity index (χ1) is 3.80. The molecule has 1 rings (SSSR count). The number of allylic oxidation sites excluding steroid dienone is 4. The molecule has 0 saturated carbocycles. The second-order valence-electron chi connectivity index (χ2n) is 1.75. The fourth-order valence-electron chi connectivity index (χ4n) is 0.646. The second-order valence-corrected chi connectivity index (χ2v) is 1.75. The van der Waals surface area contributed by atoms with E-state index < -0.39 is 0 Å². The monoisotopic (exact) mass is 107 g/mol. The van der Waals surface area contributed by atoms with Crippen LogP contribution in [0.4, 0.5) is 0 Å². The van der Waals surface area contributed by atoms with Crippen molar-refractivity contribution < 1.29 is 4.79 Å². The minimum absolute atomic E-state index is 0.110. The molecule has 0 unspecified atom stereocenters. The maximum atomic E-state index is 10.5. The molecule has 1 aliphatic carbocycles. The van der Waals surface area contributed by atoms with Crippen molar-refractivity contribution in [1.82, 2.24) is 0 Å². The molecule has 0 fully saturated rings. The Morgan fingerprint density at radius 2 is 2.62 bits per heavy atom. The van der Waals surface area contributed by atoms with Gasteiger partial charge in [-0.3, -0.25) is 4.79 Å². The Bertz CT molecular complexity index is 163. The zero-order chi connectivity index (χ0) is 5.98. The highest BCUT2D eigenvalue weighted by Gasteiger charge is 2.01. The van der Waals surface area contributed by atoms with Gasteiger partial charge in [0.15, 0.2) is 5.78 Å². The van der Waals surface area contributed by atoms with Gasteiger partial charge < -0.3 is 0 Å². The van der Waals surface area contributed by atoms with Crippen molar-refractivity contribution in [1.29, 1.82) is 0 Å². The molecule has 0 aromatic heterocycles. The highest BCUT2D eigenvalue weighted by atomic mass is 16.1. The van der Waals surface area contributed by atoms with Crippen molar-refractivity contribution in [3.05, 3.63) is 23.8 Å². The average molecular weight is 107 g/mol. The minimum atomic E-state index is 0.110. The largest absolute Gasteiger partial charge is 0.295 e. The summed E-state index contributed by atoms with van der Waals surface area (Å²) in [6, 6.07) is 0. The second kappa shape index (κ2) is 1.95. The summed E-state index contributed by atoms with van der Waals surface area (Å²) in [4.78, 5) is 10.5. The molecule has 0 amide bonds.